The van der Waals surface area contributed by atoms with E-state index in [0.29, 0.717) is 24.2 Å². The summed E-state index contributed by atoms with van der Waals surface area (Å²) in [6.45, 7) is 2.44. The van der Waals surface area contributed by atoms with Crippen LogP contribution in [0.4, 0.5) is 0 Å². The highest BCUT2D eigenvalue weighted by Crippen LogP contribution is 2.23. The molecule has 21 heavy (non-hydrogen) atoms. The number of carboxylic acid groups (broad SMARTS) is 1. The molecule has 1 aliphatic heterocycles. The van der Waals surface area contributed by atoms with Crippen molar-refractivity contribution in [3.8, 4) is 11.5 Å². The van der Waals surface area contributed by atoms with E-state index in [1.807, 2.05) is 16.8 Å². The van der Waals surface area contributed by atoms with Gasteiger partial charge in [0.15, 0.2) is 5.82 Å². The number of carbonyl (C=O) groups is 1. The van der Waals surface area contributed by atoms with Gasteiger partial charge in [-0.1, -0.05) is 5.16 Å². The lowest BCUT2D eigenvalue weighted by atomic mass is 9.94. The number of carboxylic acids is 1. The van der Waals surface area contributed by atoms with Crippen LogP contribution >= 0.6 is 11.3 Å². The van der Waals surface area contributed by atoms with E-state index in [4.69, 9.17) is 9.63 Å². The number of piperidine rings is 1. The molecular weight excluding hydrogens is 290 g/mol. The first-order chi connectivity index (χ1) is 10.2. The smallest absolute Gasteiger partial charge is 0.303 e. The highest BCUT2D eigenvalue weighted by Gasteiger charge is 2.22. The monoisotopic (exact) mass is 307 g/mol. The Bertz CT molecular complexity index is 588. The lowest BCUT2D eigenvalue weighted by Gasteiger charge is -2.30. The molecule has 7 heteroatoms. The zero-order valence-electron chi connectivity index (χ0n) is 11.6. The normalized spacial score (nSPS) is 17.1. The van der Waals surface area contributed by atoms with Crippen LogP contribution in [0.3, 0.4) is 0 Å². The predicted octanol–water partition coefficient (Wildman–Crippen LogP) is 2.48. The number of rotatable bonds is 5. The van der Waals surface area contributed by atoms with Gasteiger partial charge in [0.1, 0.15) is 0 Å². The van der Waals surface area contributed by atoms with Gasteiger partial charge in [0, 0.05) is 11.8 Å². The summed E-state index contributed by atoms with van der Waals surface area (Å²) in [5.74, 6) is 0.845. The van der Waals surface area contributed by atoms with Crippen LogP contribution in [0.1, 0.15) is 25.1 Å². The Hall–Kier alpha value is -1.73. The topological polar surface area (TPSA) is 79.5 Å². The van der Waals surface area contributed by atoms with Gasteiger partial charge in [0.25, 0.3) is 5.89 Å². The Labute approximate surface area is 126 Å². The van der Waals surface area contributed by atoms with Crippen LogP contribution in [0.25, 0.3) is 11.5 Å². The molecule has 0 radical (unpaired) electrons. The molecule has 0 unspecified atom stereocenters. The van der Waals surface area contributed by atoms with E-state index in [9.17, 15) is 4.79 Å². The van der Waals surface area contributed by atoms with Gasteiger partial charge >= 0.3 is 5.97 Å². The first-order valence-corrected chi connectivity index (χ1v) is 7.94. The van der Waals surface area contributed by atoms with Gasteiger partial charge in [0.2, 0.25) is 0 Å². The second kappa shape index (κ2) is 6.36. The SMILES string of the molecule is O=C(O)CC1CCN(Cc2noc(-c3ccsc3)n2)CC1. The van der Waals surface area contributed by atoms with Gasteiger partial charge in [-0.05, 0) is 43.3 Å². The highest BCUT2D eigenvalue weighted by molar-refractivity contribution is 7.08. The third-order valence-electron chi connectivity index (χ3n) is 3.77. The van der Waals surface area contributed by atoms with E-state index < -0.39 is 5.97 Å². The van der Waals surface area contributed by atoms with E-state index >= 15 is 0 Å². The van der Waals surface area contributed by atoms with Gasteiger partial charge in [-0.2, -0.15) is 16.3 Å². The second-order valence-corrected chi connectivity index (χ2v) is 6.13. The van der Waals surface area contributed by atoms with Crippen molar-refractivity contribution in [1.29, 1.82) is 0 Å². The van der Waals surface area contributed by atoms with Crippen molar-refractivity contribution in [2.24, 2.45) is 5.92 Å². The van der Waals surface area contributed by atoms with E-state index in [1.54, 1.807) is 11.3 Å². The third-order valence-corrected chi connectivity index (χ3v) is 4.45. The lowest BCUT2D eigenvalue weighted by molar-refractivity contribution is -0.138. The summed E-state index contributed by atoms with van der Waals surface area (Å²) in [7, 11) is 0. The summed E-state index contributed by atoms with van der Waals surface area (Å²) in [5.41, 5.74) is 0.957. The molecule has 1 N–H and O–H groups in total. The van der Waals surface area contributed by atoms with E-state index in [0.717, 1.165) is 31.5 Å². The molecule has 3 heterocycles. The largest absolute Gasteiger partial charge is 0.481 e. The van der Waals surface area contributed by atoms with Crippen molar-refractivity contribution in [3.63, 3.8) is 0 Å². The minimum atomic E-state index is -0.702. The molecule has 0 spiro atoms. The molecule has 0 aromatic carbocycles. The van der Waals surface area contributed by atoms with Gasteiger partial charge < -0.3 is 9.63 Å². The molecule has 0 atom stereocenters. The van der Waals surface area contributed by atoms with Crippen molar-refractivity contribution in [3.05, 3.63) is 22.7 Å². The van der Waals surface area contributed by atoms with Gasteiger partial charge in [0.05, 0.1) is 12.1 Å². The minimum Gasteiger partial charge on any atom is -0.481 e. The molecule has 6 nitrogen and oxygen atoms in total. The fourth-order valence-corrected chi connectivity index (χ4v) is 3.25. The van der Waals surface area contributed by atoms with Crippen molar-refractivity contribution in [2.75, 3.05) is 13.1 Å². The number of nitrogens with zero attached hydrogens (tertiary/aromatic N) is 3. The Morgan fingerprint density at radius 2 is 2.29 bits per heavy atom. The fourth-order valence-electron chi connectivity index (χ4n) is 2.62. The van der Waals surface area contributed by atoms with Crippen LogP contribution in [-0.2, 0) is 11.3 Å². The number of hydrogen-bond acceptors (Lipinski definition) is 6. The summed E-state index contributed by atoms with van der Waals surface area (Å²) in [5, 5.41) is 16.8. The Morgan fingerprint density at radius 3 is 2.95 bits per heavy atom. The predicted molar refractivity (Wildman–Crippen MR) is 77.9 cm³/mol. The fraction of sp³-hybridized carbons (Fsp3) is 0.500. The van der Waals surface area contributed by atoms with Crippen LogP contribution in [0, 0.1) is 5.92 Å². The first-order valence-electron chi connectivity index (χ1n) is 7.00. The molecule has 1 aliphatic rings. The highest BCUT2D eigenvalue weighted by atomic mass is 32.1. The van der Waals surface area contributed by atoms with Crippen LogP contribution in [0.2, 0.25) is 0 Å². The molecular formula is C14H17N3O3S. The summed E-state index contributed by atoms with van der Waals surface area (Å²) < 4.78 is 5.27. The molecule has 1 fully saturated rings. The molecule has 0 aliphatic carbocycles. The maximum absolute atomic E-state index is 10.7. The van der Waals surface area contributed by atoms with Crippen molar-refractivity contribution in [2.45, 2.75) is 25.8 Å². The summed E-state index contributed by atoms with van der Waals surface area (Å²) in [6.07, 6.45) is 2.11. The van der Waals surface area contributed by atoms with Crippen molar-refractivity contribution in [1.82, 2.24) is 15.0 Å². The van der Waals surface area contributed by atoms with Crippen LogP contribution < -0.4 is 0 Å². The Balaban J connectivity index is 1.53. The minimum absolute atomic E-state index is 0.276. The summed E-state index contributed by atoms with van der Waals surface area (Å²) in [4.78, 5) is 17.4. The third kappa shape index (κ3) is 3.68. The number of likely N-dealkylation sites (tertiary alicyclic amines) is 1. The standard InChI is InChI=1S/C14H17N3O3S/c18-13(19)7-10-1-4-17(5-2-10)8-12-15-14(20-16-12)11-3-6-21-9-11/h3,6,9-10H,1-2,4-5,7-8H2,(H,18,19). The van der Waals surface area contributed by atoms with Crippen LogP contribution in [-0.4, -0.2) is 39.2 Å². The molecule has 0 bridgehead atoms. The molecule has 2 aromatic heterocycles. The average Bonchev–Trinajstić information content (AvgIpc) is 3.11. The number of hydrogen-bond donors (Lipinski definition) is 1. The van der Waals surface area contributed by atoms with Gasteiger partial charge in [-0.3, -0.25) is 9.69 Å². The number of aromatic nitrogens is 2. The van der Waals surface area contributed by atoms with Gasteiger partial charge in [-0.15, -0.1) is 0 Å². The maximum atomic E-state index is 10.7. The first kappa shape index (κ1) is 14.2. The van der Waals surface area contributed by atoms with E-state index in [1.165, 1.54) is 0 Å². The van der Waals surface area contributed by atoms with E-state index in [2.05, 4.69) is 15.0 Å². The molecule has 0 amide bonds. The average molecular weight is 307 g/mol. The summed E-state index contributed by atoms with van der Waals surface area (Å²) in [6, 6.07) is 1.96. The lowest BCUT2D eigenvalue weighted by Crippen LogP contribution is -2.34. The van der Waals surface area contributed by atoms with Crippen molar-refractivity contribution >= 4 is 17.3 Å². The molecule has 2 aromatic rings. The van der Waals surface area contributed by atoms with E-state index in [-0.39, 0.29) is 6.42 Å². The van der Waals surface area contributed by atoms with Crippen molar-refractivity contribution < 1.29 is 14.4 Å². The maximum Gasteiger partial charge on any atom is 0.303 e. The van der Waals surface area contributed by atoms with Crippen LogP contribution in [0.15, 0.2) is 21.3 Å². The molecule has 3 rings (SSSR count). The second-order valence-electron chi connectivity index (χ2n) is 5.35. The Kier molecular flexibility index (Phi) is 4.31. The zero-order chi connectivity index (χ0) is 14.7. The molecule has 0 saturated carbocycles. The quantitative estimate of drug-likeness (QED) is 0.914. The number of aliphatic carboxylic acids is 1. The Morgan fingerprint density at radius 1 is 1.48 bits per heavy atom. The molecule has 112 valence electrons. The van der Waals surface area contributed by atoms with Gasteiger partial charge in [-0.25, -0.2) is 0 Å². The number of thiophene rings is 1. The summed E-state index contributed by atoms with van der Waals surface area (Å²) >= 11 is 1.60. The van der Waals surface area contributed by atoms with Crippen LogP contribution in [0.5, 0.6) is 0 Å². The zero-order valence-corrected chi connectivity index (χ0v) is 12.4. The molecule has 1 saturated heterocycles.